The van der Waals surface area contributed by atoms with Crippen molar-refractivity contribution in [3.63, 3.8) is 0 Å². The standard InChI is InChI=1S/C19H19ClN2O5S/c20-17-4-2-1-3-16(17)18-9-10-21(11-12-28(18,26)27)19(23)13-14-5-7-15(8-6-14)22(24)25/h1-8,18H,9-13H2. The molecule has 1 heterocycles. The zero-order valence-electron chi connectivity index (χ0n) is 15.0. The fourth-order valence-corrected chi connectivity index (χ4v) is 5.45. The molecule has 2 aromatic rings. The number of carbonyl (C=O) groups is 1. The zero-order chi connectivity index (χ0) is 20.3. The largest absolute Gasteiger partial charge is 0.341 e. The molecular formula is C19H19ClN2O5S. The quantitative estimate of drug-likeness (QED) is 0.556. The van der Waals surface area contributed by atoms with Crippen molar-refractivity contribution in [3.05, 3.63) is 74.8 Å². The van der Waals surface area contributed by atoms with Crippen molar-refractivity contribution in [3.8, 4) is 0 Å². The Morgan fingerprint density at radius 1 is 1.14 bits per heavy atom. The summed E-state index contributed by atoms with van der Waals surface area (Å²) >= 11 is 6.19. The van der Waals surface area contributed by atoms with Crippen LogP contribution in [-0.2, 0) is 21.1 Å². The molecule has 7 nitrogen and oxygen atoms in total. The van der Waals surface area contributed by atoms with E-state index in [2.05, 4.69) is 0 Å². The highest BCUT2D eigenvalue weighted by molar-refractivity contribution is 7.91. The van der Waals surface area contributed by atoms with Crippen LogP contribution in [0, 0.1) is 10.1 Å². The minimum Gasteiger partial charge on any atom is -0.341 e. The monoisotopic (exact) mass is 422 g/mol. The molecule has 0 radical (unpaired) electrons. The van der Waals surface area contributed by atoms with E-state index in [4.69, 9.17) is 11.6 Å². The van der Waals surface area contributed by atoms with Crippen LogP contribution in [0.2, 0.25) is 5.02 Å². The topological polar surface area (TPSA) is 97.6 Å². The van der Waals surface area contributed by atoms with E-state index in [9.17, 15) is 23.3 Å². The smallest absolute Gasteiger partial charge is 0.269 e. The van der Waals surface area contributed by atoms with Gasteiger partial charge in [0.15, 0.2) is 9.84 Å². The summed E-state index contributed by atoms with van der Waals surface area (Å²) in [6, 6.07) is 12.6. The van der Waals surface area contributed by atoms with E-state index in [1.54, 1.807) is 24.3 Å². The molecule has 28 heavy (non-hydrogen) atoms. The molecule has 0 saturated carbocycles. The second kappa shape index (κ2) is 8.28. The molecule has 2 aromatic carbocycles. The lowest BCUT2D eigenvalue weighted by Crippen LogP contribution is -2.34. The maximum Gasteiger partial charge on any atom is 0.269 e. The summed E-state index contributed by atoms with van der Waals surface area (Å²) in [5.74, 6) is -0.335. The van der Waals surface area contributed by atoms with Gasteiger partial charge < -0.3 is 4.90 Å². The van der Waals surface area contributed by atoms with E-state index >= 15 is 0 Å². The highest BCUT2D eigenvalue weighted by Gasteiger charge is 2.33. The Morgan fingerprint density at radius 3 is 2.46 bits per heavy atom. The average Bonchev–Trinajstić information content (AvgIpc) is 2.81. The number of rotatable bonds is 4. The normalized spacial score (nSPS) is 19.0. The fraction of sp³-hybridized carbons (Fsp3) is 0.316. The van der Waals surface area contributed by atoms with E-state index in [1.807, 2.05) is 0 Å². The molecular weight excluding hydrogens is 404 g/mol. The number of non-ortho nitro benzene ring substituents is 1. The first-order valence-corrected chi connectivity index (χ1v) is 10.8. The highest BCUT2D eigenvalue weighted by Crippen LogP contribution is 2.33. The molecule has 0 spiro atoms. The minimum atomic E-state index is -3.44. The van der Waals surface area contributed by atoms with Gasteiger partial charge in [0.2, 0.25) is 5.91 Å². The molecule has 148 valence electrons. The second-order valence-electron chi connectivity index (χ2n) is 6.65. The van der Waals surface area contributed by atoms with Crippen LogP contribution in [-0.4, -0.2) is 43.0 Å². The summed E-state index contributed by atoms with van der Waals surface area (Å²) in [5.41, 5.74) is 1.17. The van der Waals surface area contributed by atoms with Gasteiger partial charge in [-0.25, -0.2) is 8.42 Å². The second-order valence-corrected chi connectivity index (χ2v) is 9.36. The lowest BCUT2D eigenvalue weighted by molar-refractivity contribution is -0.384. The molecule has 1 fully saturated rings. The molecule has 1 atom stereocenters. The van der Waals surface area contributed by atoms with Crippen LogP contribution in [0.25, 0.3) is 0 Å². The van der Waals surface area contributed by atoms with Crippen LogP contribution < -0.4 is 0 Å². The Morgan fingerprint density at radius 2 is 1.82 bits per heavy atom. The van der Waals surface area contributed by atoms with Gasteiger partial charge in [-0.1, -0.05) is 41.9 Å². The van der Waals surface area contributed by atoms with Gasteiger partial charge in [0.25, 0.3) is 5.69 Å². The molecule has 1 aliphatic rings. The molecule has 0 N–H and O–H groups in total. The van der Waals surface area contributed by atoms with Crippen molar-refractivity contribution < 1.29 is 18.1 Å². The summed E-state index contributed by atoms with van der Waals surface area (Å²) in [4.78, 5) is 24.4. The zero-order valence-corrected chi connectivity index (χ0v) is 16.5. The van der Waals surface area contributed by atoms with Crippen molar-refractivity contribution in [1.82, 2.24) is 4.90 Å². The number of nitro benzene ring substituents is 1. The van der Waals surface area contributed by atoms with Crippen molar-refractivity contribution >= 4 is 33.0 Å². The molecule has 1 unspecified atom stereocenters. The van der Waals surface area contributed by atoms with Gasteiger partial charge in [-0.3, -0.25) is 14.9 Å². The Hall–Kier alpha value is -2.45. The van der Waals surface area contributed by atoms with Crippen molar-refractivity contribution in [2.24, 2.45) is 0 Å². The summed E-state index contributed by atoms with van der Waals surface area (Å²) in [5, 5.41) is 10.4. The SMILES string of the molecule is O=C(Cc1ccc([N+](=O)[O-])cc1)N1CCC(c2ccccc2Cl)S(=O)(=O)CC1. The number of benzene rings is 2. The van der Waals surface area contributed by atoms with Gasteiger partial charge in [0.1, 0.15) is 0 Å². The number of nitrogens with zero attached hydrogens (tertiary/aromatic N) is 2. The maximum absolute atomic E-state index is 12.7. The van der Waals surface area contributed by atoms with Gasteiger partial charge >= 0.3 is 0 Å². The molecule has 1 aliphatic heterocycles. The predicted octanol–water partition coefficient (Wildman–Crippen LogP) is 3.18. The van der Waals surface area contributed by atoms with Gasteiger partial charge in [-0.15, -0.1) is 0 Å². The van der Waals surface area contributed by atoms with Crippen LogP contribution in [0.5, 0.6) is 0 Å². The first-order valence-electron chi connectivity index (χ1n) is 8.75. The van der Waals surface area contributed by atoms with Crippen LogP contribution in [0.4, 0.5) is 5.69 Å². The molecule has 1 amide bonds. The van der Waals surface area contributed by atoms with Crippen molar-refractivity contribution in [2.45, 2.75) is 18.1 Å². The number of hydrogen-bond acceptors (Lipinski definition) is 5. The number of halogens is 1. The third-order valence-electron chi connectivity index (χ3n) is 4.85. The summed E-state index contributed by atoms with van der Waals surface area (Å²) in [6.45, 7) is 0.427. The summed E-state index contributed by atoms with van der Waals surface area (Å²) < 4.78 is 25.4. The number of amides is 1. The Labute approximate surface area is 168 Å². The first-order chi connectivity index (χ1) is 13.3. The van der Waals surface area contributed by atoms with E-state index in [1.165, 1.54) is 29.2 Å². The Balaban J connectivity index is 1.72. The summed E-state index contributed by atoms with van der Waals surface area (Å²) in [7, 11) is -3.44. The molecule has 0 aliphatic carbocycles. The first kappa shape index (κ1) is 20.3. The number of sulfone groups is 1. The van der Waals surface area contributed by atoms with Gasteiger partial charge in [0.05, 0.1) is 22.3 Å². The van der Waals surface area contributed by atoms with E-state index in [0.717, 1.165) is 0 Å². The molecule has 0 aromatic heterocycles. The lowest BCUT2D eigenvalue weighted by atomic mass is 10.1. The van der Waals surface area contributed by atoms with Gasteiger partial charge in [-0.05, 0) is 23.6 Å². The predicted molar refractivity (Wildman–Crippen MR) is 106 cm³/mol. The van der Waals surface area contributed by atoms with Crippen LogP contribution >= 0.6 is 11.6 Å². The van der Waals surface area contributed by atoms with E-state index in [-0.39, 0.29) is 36.7 Å². The lowest BCUT2D eigenvalue weighted by Gasteiger charge is -2.20. The molecule has 0 bridgehead atoms. The maximum atomic E-state index is 12.7. The van der Waals surface area contributed by atoms with Crippen LogP contribution in [0.3, 0.4) is 0 Å². The third-order valence-corrected chi connectivity index (χ3v) is 7.30. The number of hydrogen-bond donors (Lipinski definition) is 0. The Bertz CT molecular complexity index is 992. The molecule has 9 heteroatoms. The van der Waals surface area contributed by atoms with Gasteiger partial charge in [-0.2, -0.15) is 0 Å². The average molecular weight is 423 g/mol. The number of carbonyl (C=O) groups excluding carboxylic acids is 1. The van der Waals surface area contributed by atoms with Crippen molar-refractivity contribution in [1.29, 1.82) is 0 Å². The third kappa shape index (κ3) is 4.51. The Kier molecular flexibility index (Phi) is 6.00. The van der Waals surface area contributed by atoms with Crippen LogP contribution in [0.1, 0.15) is 22.8 Å². The van der Waals surface area contributed by atoms with Crippen molar-refractivity contribution in [2.75, 3.05) is 18.8 Å². The molecule has 3 rings (SSSR count). The fourth-order valence-electron chi connectivity index (χ4n) is 3.30. The van der Waals surface area contributed by atoms with E-state index in [0.29, 0.717) is 22.7 Å². The highest BCUT2D eigenvalue weighted by atomic mass is 35.5. The number of nitro groups is 1. The summed E-state index contributed by atoms with van der Waals surface area (Å²) in [6.07, 6.45) is 0.340. The van der Waals surface area contributed by atoms with Crippen LogP contribution in [0.15, 0.2) is 48.5 Å². The van der Waals surface area contributed by atoms with Gasteiger partial charge in [0, 0.05) is 30.2 Å². The van der Waals surface area contributed by atoms with E-state index < -0.39 is 20.0 Å². The minimum absolute atomic E-state index is 0.0420. The molecule has 1 saturated heterocycles.